The number of allylic oxidation sites excluding steroid dienone is 2. The van der Waals surface area contributed by atoms with Gasteiger partial charge in [-0.2, -0.15) is 0 Å². The van der Waals surface area contributed by atoms with Crippen LogP contribution in [-0.2, 0) is 16.0 Å². The lowest BCUT2D eigenvalue weighted by atomic mass is 9.76. The normalized spacial score (nSPS) is 22.5. The third kappa shape index (κ3) is 3.21. The van der Waals surface area contributed by atoms with E-state index in [2.05, 4.69) is 17.5 Å². The molecule has 0 spiro atoms. The largest absolute Gasteiger partial charge is 0.481 e. The Morgan fingerprint density at radius 3 is 2.67 bits per heavy atom. The van der Waals surface area contributed by atoms with Gasteiger partial charge in [0.1, 0.15) is 0 Å². The van der Waals surface area contributed by atoms with Crippen LogP contribution in [0.4, 0.5) is 5.69 Å². The van der Waals surface area contributed by atoms with Crippen molar-refractivity contribution in [3.63, 3.8) is 0 Å². The molecule has 2 N–H and O–H groups in total. The predicted octanol–water partition coefficient (Wildman–Crippen LogP) is 3.93. The van der Waals surface area contributed by atoms with Gasteiger partial charge in [0.2, 0.25) is 0 Å². The first kappa shape index (κ1) is 17.3. The maximum absolute atomic E-state index is 11.7. The number of hydrogen-bond donors (Lipinski definition) is 2. The molecule has 5 nitrogen and oxygen atoms in total. The molecular weight excluding hydrogens is 342 g/mol. The quantitative estimate of drug-likeness (QED) is 0.636. The van der Waals surface area contributed by atoms with Gasteiger partial charge in [0.05, 0.1) is 25.1 Å². The number of carboxylic acids is 1. The van der Waals surface area contributed by atoms with Crippen molar-refractivity contribution in [3.8, 4) is 0 Å². The zero-order valence-electron chi connectivity index (χ0n) is 15.0. The molecule has 0 fully saturated rings. The van der Waals surface area contributed by atoms with E-state index in [1.807, 2.05) is 30.3 Å². The van der Waals surface area contributed by atoms with Gasteiger partial charge >= 0.3 is 11.9 Å². The van der Waals surface area contributed by atoms with Crippen LogP contribution in [0.25, 0.3) is 0 Å². The van der Waals surface area contributed by atoms with Crippen molar-refractivity contribution in [2.24, 2.45) is 5.92 Å². The Bertz CT molecular complexity index is 916. The lowest BCUT2D eigenvalue weighted by Gasteiger charge is -2.37. The van der Waals surface area contributed by atoms with E-state index < -0.39 is 5.97 Å². The molecule has 1 aliphatic carbocycles. The third-order valence-electron chi connectivity index (χ3n) is 5.47. The van der Waals surface area contributed by atoms with Crippen LogP contribution in [0.2, 0.25) is 0 Å². The number of rotatable bonds is 4. The summed E-state index contributed by atoms with van der Waals surface area (Å²) in [4.78, 5) is 22.7. The number of carbonyl (C=O) groups is 2. The van der Waals surface area contributed by atoms with Gasteiger partial charge in [-0.05, 0) is 47.2 Å². The second-order valence-electron chi connectivity index (χ2n) is 7.08. The average molecular weight is 363 g/mol. The van der Waals surface area contributed by atoms with E-state index in [1.54, 1.807) is 12.1 Å². The Morgan fingerprint density at radius 2 is 1.96 bits per heavy atom. The SMILES string of the molecule is COC(=O)c1ccc([C@H]2Nc3ccc(CC(=O)O)cc3[C@H]3C=CC[C@@H]32)cc1. The highest BCUT2D eigenvalue weighted by atomic mass is 16.5. The number of ether oxygens (including phenoxy) is 1. The molecule has 5 heteroatoms. The molecule has 0 unspecified atom stereocenters. The average Bonchev–Trinajstić information content (AvgIpc) is 3.17. The fourth-order valence-corrected chi connectivity index (χ4v) is 4.20. The van der Waals surface area contributed by atoms with Crippen LogP contribution >= 0.6 is 0 Å². The number of benzene rings is 2. The van der Waals surface area contributed by atoms with Gasteiger partial charge < -0.3 is 15.2 Å². The van der Waals surface area contributed by atoms with Crippen LogP contribution in [0.5, 0.6) is 0 Å². The number of methoxy groups -OCH3 is 1. The molecule has 27 heavy (non-hydrogen) atoms. The van der Waals surface area contributed by atoms with Crippen LogP contribution in [0.3, 0.4) is 0 Å². The van der Waals surface area contributed by atoms with Crippen molar-refractivity contribution in [2.75, 3.05) is 12.4 Å². The molecule has 2 aliphatic rings. The molecule has 3 atom stereocenters. The summed E-state index contributed by atoms with van der Waals surface area (Å²) in [5.74, 6) is -0.530. The molecule has 138 valence electrons. The standard InChI is InChI=1S/C22H21NO4/c1-27-22(26)15-8-6-14(7-9-15)21-17-4-2-3-16(17)18-11-13(12-20(24)25)5-10-19(18)23-21/h2-3,5-11,16-17,21,23H,4,12H2,1H3,(H,24,25)/t16-,17-,21+/m0/s1. The van der Waals surface area contributed by atoms with Crippen molar-refractivity contribution in [2.45, 2.75) is 24.8 Å². The molecular formula is C22H21NO4. The summed E-state index contributed by atoms with van der Waals surface area (Å²) >= 11 is 0. The smallest absolute Gasteiger partial charge is 0.337 e. The predicted molar refractivity (Wildman–Crippen MR) is 102 cm³/mol. The van der Waals surface area contributed by atoms with E-state index >= 15 is 0 Å². The van der Waals surface area contributed by atoms with Crippen LogP contribution in [0.15, 0.2) is 54.6 Å². The van der Waals surface area contributed by atoms with E-state index in [-0.39, 0.29) is 24.3 Å². The van der Waals surface area contributed by atoms with Crippen LogP contribution < -0.4 is 5.32 Å². The summed E-state index contributed by atoms with van der Waals surface area (Å²) in [5, 5.41) is 12.7. The van der Waals surface area contributed by atoms with Crippen molar-refractivity contribution >= 4 is 17.6 Å². The molecule has 2 aromatic carbocycles. The molecule has 2 aromatic rings. The van der Waals surface area contributed by atoms with E-state index in [1.165, 1.54) is 7.11 Å². The van der Waals surface area contributed by atoms with E-state index in [4.69, 9.17) is 9.84 Å². The number of hydrogen-bond acceptors (Lipinski definition) is 4. The Kier molecular flexibility index (Phi) is 4.44. The minimum Gasteiger partial charge on any atom is -0.481 e. The number of anilines is 1. The van der Waals surface area contributed by atoms with Gasteiger partial charge in [-0.3, -0.25) is 4.79 Å². The van der Waals surface area contributed by atoms with Crippen LogP contribution in [0, 0.1) is 5.92 Å². The third-order valence-corrected chi connectivity index (χ3v) is 5.47. The van der Waals surface area contributed by atoms with Gasteiger partial charge in [-0.25, -0.2) is 4.79 Å². The van der Waals surface area contributed by atoms with E-state index in [0.29, 0.717) is 11.5 Å². The van der Waals surface area contributed by atoms with Crippen molar-refractivity contribution in [1.29, 1.82) is 0 Å². The Morgan fingerprint density at radius 1 is 1.19 bits per heavy atom. The zero-order valence-corrected chi connectivity index (χ0v) is 15.0. The first-order valence-corrected chi connectivity index (χ1v) is 9.03. The van der Waals surface area contributed by atoms with Crippen molar-refractivity contribution in [3.05, 3.63) is 76.9 Å². The van der Waals surface area contributed by atoms with Crippen LogP contribution in [-0.4, -0.2) is 24.2 Å². The maximum Gasteiger partial charge on any atom is 0.337 e. The second-order valence-corrected chi connectivity index (χ2v) is 7.08. The van der Waals surface area contributed by atoms with Gasteiger partial charge in [0, 0.05) is 11.6 Å². The zero-order chi connectivity index (χ0) is 19.0. The van der Waals surface area contributed by atoms with E-state index in [0.717, 1.165) is 28.8 Å². The fourth-order valence-electron chi connectivity index (χ4n) is 4.20. The summed E-state index contributed by atoms with van der Waals surface area (Å²) < 4.78 is 4.77. The molecule has 1 aliphatic heterocycles. The molecule has 0 amide bonds. The Hall–Kier alpha value is -3.08. The van der Waals surface area contributed by atoms with Gasteiger partial charge in [-0.1, -0.05) is 36.4 Å². The Balaban J connectivity index is 1.66. The maximum atomic E-state index is 11.7. The van der Waals surface area contributed by atoms with Crippen LogP contribution in [0.1, 0.15) is 45.4 Å². The number of fused-ring (bicyclic) bond motifs is 3. The molecule has 0 saturated heterocycles. The highest BCUT2D eigenvalue weighted by Crippen LogP contribution is 2.49. The molecule has 0 radical (unpaired) electrons. The van der Waals surface area contributed by atoms with E-state index in [9.17, 15) is 9.59 Å². The molecule has 1 heterocycles. The minimum absolute atomic E-state index is 0.0345. The summed E-state index contributed by atoms with van der Waals surface area (Å²) in [6.45, 7) is 0. The fraction of sp³-hybridized carbons (Fsp3) is 0.273. The topological polar surface area (TPSA) is 75.6 Å². The molecule has 4 rings (SSSR count). The monoisotopic (exact) mass is 363 g/mol. The first-order valence-electron chi connectivity index (χ1n) is 9.03. The lowest BCUT2D eigenvalue weighted by molar-refractivity contribution is -0.136. The number of nitrogens with one attached hydrogen (secondary N) is 1. The highest BCUT2D eigenvalue weighted by Gasteiger charge is 2.37. The van der Waals surface area contributed by atoms with Gasteiger partial charge in [0.15, 0.2) is 0 Å². The number of aliphatic carboxylic acids is 1. The number of carboxylic acid groups (broad SMARTS) is 1. The molecule has 0 bridgehead atoms. The summed E-state index contributed by atoms with van der Waals surface area (Å²) in [5.41, 5.74) is 4.69. The lowest BCUT2D eigenvalue weighted by Crippen LogP contribution is -2.29. The van der Waals surface area contributed by atoms with Crippen molar-refractivity contribution < 1.29 is 19.4 Å². The number of esters is 1. The Labute approximate surface area is 157 Å². The second kappa shape index (κ2) is 6.91. The van der Waals surface area contributed by atoms with Gasteiger partial charge in [-0.15, -0.1) is 0 Å². The molecule has 0 saturated carbocycles. The highest BCUT2D eigenvalue weighted by molar-refractivity contribution is 5.89. The van der Waals surface area contributed by atoms with Crippen molar-refractivity contribution in [1.82, 2.24) is 0 Å². The number of carbonyl (C=O) groups excluding carboxylic acids is 1. The first-order chi connectivity index (χ1) is 13.1. The summed E-state index contributed by atoms with van der Waals surface area (Å²) in [6.07, 6.45) is 5.42. The summed E-state index contributed by atoms with van der Waals surface area (Å²) in [7, 11) is 1.38. The van der Waals surface area contributed by atoms with Gasteiger partial charge in [0.25, 0.3) is 0 Å². The molecule has 0 aromatic heterocycles. The summed E-state index contributed by atoms with van der Waals surface area (Å²) in [6, 6.07) is 13.5. The minimum atomic E-state index is -0.819.